The lowest BCUT2D eigenvalue weighted by Gasteiger charge is -2.33. The topological polar surface area (TPSA) is 38.8 Å². The van der Waals surface area contributed by atoms with Crippen LogP contribution in [0, 0.1) is 0 Å². The molecule has 0 radical (unpaired) electrons. The number of ether oxygens (including phenoxy) is 2. The molecule has 1 aliphatic rings. The molecule has 0 N–H and O–H groups in total. The number of fused-ring (bicyclic) bond motifs is 1. The van der Waals surface area contributed by atoms with Crippen LogP contribution < -0.4 is 9.47 Å². The Bertz CT molecular complexity index is 519. The van der Waals surface area contributed by atoms with Crippen molar-refractivity contribution in [3.8, 4) is 11.5 Å². The van der Waals surface area contributed by atoms with E-state index in [9.17, 15) is 4.79 Å². The summed E-state index contributed by atoms with van der Waals surface area (Å²) in [6.07, 6.45) is 1.95. The highest BCUT2D eigenvalue weighted by atomic mass is 16.6. The number of hydrogen-bond donors (Lipinski definition) is 0. The molecule has 0 saturated carbocycles. The van der Waals surface area contributed by atoms with E-state index in [4.69, 9.17) is 9.47 Å². The van der Waals surface area contributed by atoms with Crippen molar-refractivity contribution in [2.24, 2.45) is 0 Å². The number of nitrogens with zero attached hydrogens (tertiary/aromatic N) is 1. The van der Waals surface area contributed by atoms with Crippen LogP contribution in [0.2, 0.25) is 0 Å². The Morgan fingerprint density at radius 1 is 1.09 bits per heavy atom. The van der Waals surface area contributed by atoms with Crippen LogP contribution in [0.1, 0.15) is 46.1 Å². The summed E-state index contributed by atoms with van der Waals surface area (Å²) in [5.74, 6) is 1.67. The average molecular weight is 305 g/mol. The molecule has 0 bridgehead atoms. The minimum Gasteiger partial charge on any atom is -0.486 e. The van der Waals surface area contributed by atoms with Gasteiger partial charge in [-0.2, -0.15) is 0 Å². The summed E-state index contributed by atoms with van der Waals surface area (Å²) in [4.78, 5) is 14.9. The van der Waals surface area contributed by atoms with Gasteiger partial charge >= 0.3 is 0 Å². The van der Waals surface area contributed by atoms with Crippen molar-refractivity contribution in [3.63, 3.8) is 0 Å². The van der Waals surface area contributed by atoms with Crippen LogP contribution in [-0.4, -0.2) is 37.1 Å². The zero-order valence-electron chi connectivity index (χ0n) is 14.1. The van der Waals surface area contributed by atoms with Gasteiger partial charge in [0.1, 0.15) is 13.2 Å². The molecule has 0 spiro atoms. The Morgan fingerprint density at radius 2 is 1.68 bits per heavy atom. The van der Waals surface area contributed by atoms with Gasteiger partial charge in [0, 0.05) is 13.1 Å². The van der Waals surface area contributed by atoms with E-state index in [1.54, 1.807) is 0 Å². The maximum atomic E-state index is 13.0. The van der Waals surface area contributed by atoms with Crippen LogP contribution in [-0.2, 0) is 10.2 Å². The van der Waals surface area contributed by atoms with Crippen LogP contribution in [0.5, 0.6) is 11.5 Å². The number of rotatable bonds is 6. The highest BCUT2D eigenvalue weighted by Crippen LogP contribution is 2.36. The van der Waals surface area contributed by atoms with Crippen LogP contribution in [0.3, 0.4) is 0 Å². The van der Waals surface area contributed by atoms with E-state index in [0.717, 1.165) is 43.0 Å². The molecule has 0 unspecified atom stereocenters. The molecule has 1 aliphatic heterocycles. The van der Waals surface area contributed by atoms with E-state index in [2.05, 4.69) is 13.8 Å². The minimum absolute atomic E-state index is 0.174. The zero-order valence-corrected chi connectivity index (χ0v) is 14.1. The third kappa shape index (κ3) is 3.37. The number of carbonyl (C=O) groups is 1. The molecule has 1 amide bonds. The van der Waals surface area contributed by atoms with Gasteiger partial charge in [0.15, 0.2) is 11.5 Å². The number of benzene rings is 1. The second-order valence-corrected chi connectivity index (χ2v) is 6.28. The number of carbonyl (C=O) groups excluding carboxylic acids is 1. The molecular formula is C18H27NO3. The van der Waals surface area contributed by atoms with Gasteiger partial charge in [0.05, 0.1) is 5.41 Å². The average Bonchev–Trinajstić information content (AvgIpc) is 2.53. The minimum atomic E-state index is -0.569. The smallest absolute Gasteiger partial charge is 0.232 e. The molecule has 122 valence electrons. The van der Waals surface area contributed by atoms with Crippen molar-refractivity contribution >= 4 is 5.91 Å². The summed E-state index contributed by atoms with van der Waals surface area (Å²) < 4.78 is 11.2. The van der Waals surface area contributed by atoms with Gasteiger partial charge in [0.25, 0.3) is 0 Å². The van der Waals surface area contributed by atoms with Gasteiger partial charge in [-0.3, -0.25) is 4.79 Å². The molecule has 2 rings (SSSR count). The summed E-state index contributed by atoms with van der Waals surface area (Å²) >= 11 is 0. The second kappa shape index (κ2) is 7.03. The third-order valence-corrected chi connectivity index (χ3v) is 4.07. The first kappa shape index (κ1) is 16.7. The van der Waals surface area contributed by atoms with E-state index in [0.29, 0.717) is 13.2 Å². The molecule has 22 heavy (non-hydrogen) atoms. The fourth-order valence-electron chi connectivity index (χ4n) is 2.81. The van der Waals surface area contributed by atoms with Crippen molar-refractivity contribution in [1.29, 1.82) is 0 Å². The Kier molecular flexibility index (Phi) is 5.33. The highest BCUT2D eigenvalue weighted by molar-refractivity contribution is 5.87. The summed E-state index contributed by atoms with van der Waals surface area (Å²) in [7, 11) is 0. The molecular weight excluding hydrogens is 278 g/mol. The molecule has 1 heterocycles. The molecule has 0 atom stereocenters. The van der Waals surface area contributed by atoms with Crippen molar-refractivity contribution in [3.05, 3.63) is 23.8 Å². The van der Waals surface area contributed by atoms with Gasteiger partial charge in [-0.25, -0.2) is 0 Å². The predicted molar refractivity (Wildman–Crippen MR) is 87.6 cm³/mol. The highest BCUT2D eigenvalue weighted by Gasteiger charge is 2.34. The lowest BCUT2D eigenvalue weighted by molar-refractivity contribution is -0.136. The van der Waals surface area contributed by atoms with E-state index in [-0.39, 0.29) is 5.91 Å². The Labute approximate surface area is 133 Å². The van der Waals surface area contributed by atoms with E-state index in [1.807, 2.05) is 36.9 Å². The Morgan fingerprint density at radius 3 is 2.27 bits per heavy atom. The standard InChI is InChI=1S/C18H27NO3/c1-5-9-19(10-6-2)17(20)18(3,4)14-7-8-15-16(13-14)22-12-11-21-15/h7-8,13H,5-6,9-12H2,1-4H3. The van der Waals surface area contributed by atoms with E-state index in [1.165, 1.54) is 0 Å². The Balaban J connectivity index is 2.26. The first-order valence-corrected chi connectivity index (χ1v) is 8.20. The fourth-order valence-corrected chi connectivity index (χ4v) is 2.81. The Hall–Kier alpha value is -1.71. The van der Waals surface area contributed by atoms with Crippen molar-refractivity contribution < 1.29 is 14.3 Å². The molecule has 0 saturated heterocycles. The van der Waals surface area contributed by atoms with Crippen molar-refractivity contribution in [2.75, 3.05) is 26.3 Å². The van der Waals surface area contributed by atoms with Crippen LogP contribution >= 0.6 is 0 Å². The lowest BCUT2D eigenvalue weighted by atomic mass is 9.82. The van der Waals surface area contributed by atoms with Gasteiger partial charge in [0.2, 0.25) is 5.91 Å². The van der Waals surface area contributed by atoms with Gasteiger partial charge < -0.3 is 14.4 Å². The normalized spacial score (nSPS) is 13.8. The maximum Gasteiger partial charge on any atom is 0.232 e. The fraction of sp³-hybridized carbons (Fsp3) is 0.611. The summed E-state index contributed by atoms with van der Waals surface area (Å²) in [5.41, 5.74) is 0.402. The van der Waals surface area contributed by atoms with E-state index < -0.39 is 5.41 Å². The zero-order chi connectivity index (χ0) is 16.2. The summed E-state index contributed by atoms with van der Waals surface area (Å²) in [6, 6.07) is 5.83. The first-order valence-electron chi connectivity index (χ1n) is 8.20. The van der Waals surface area contributed by atoms with Crippen molar-refractivity contribution in [1.82, 2.24) is 4.90 Å². The van der Waals surface area contributed by atoms with Crippen LogP contribution in [0.25, 0.3) is 0 Å². The van der Waals surface area contributed by atoms with Gasteiger partial charge in [-0.15, -0.1) is 0 Å². The molecule has 1 aromatic rings. The van der Waals surface area contributed by atoms with Crippen molar-refractivity contribution in [2.45, 2.75) is 46.0 Å². The van der Waals surface area contributed by atoms with Crippen LogP contribution in [0.4, 0.5) is 0 Å². The lowest BCUT2D eigenvalue weighted by Crippen LogP contribution is -2.44. The maximum absolute atomic E-state index is 13.0. The monoisotopic (exact) mass is 305 g/mol. The molecule has 0 aliphatic carbocycles. The first-order chi connectivity index (χ1) is 10.5. The molecule has 1 aromatic carbocycles. The van der Waals surface area contributed by atoms with Gasteiger partial charge in [-0.05, 0) is 44.4 Å². The van der Waals surface area contributed by atoms with E-state index >= 15 is 0 Å². The largest absolute Gasteiger partial charge is 0.486 e. The predicted octanol–water partition coefficient (Wildman–Crippen LogP) is 3.38. The summed E-state index contributed by atoms with van der Waals surface area (Å²) in [5, 5.41) is 0. The number of hydrogen-bond acceptors (Lipinski definition) is 3. The molecule has 0 aromatic heterocycles. The molecule has 0 fully saturated rings. The third-order valence-electron chi connectivity index (χ3n) is 4.07. The van der Waals surface area contributed by atoms with Gasteiger partial charge in [-0.1, -0.05) is 19.9 Å². The SMILES string of the molecule is CCCN(CCC)C(=O)C(C)(C)c1ccc2c(c1)OCCO2. The number of amides is 1. The summed E-state index contributed by atoms with van der Waals surface area (Å²) in [6.45, 7) is 10.9. The van der Waals surface area contributed by atoms with Crippen LogP contribution in [0.15, 0.2) is 18.2 Å². The molecule has 4 heteroatoms. The molecule has 4 nitrogen and oxygen atoms in total. The quantitative estimate of drug-likeness (QED) is 0.808. The second-order valence-electron chi connectivity index (χ2n) is 6.28.